The Morgan fingerprint density at radius 1 is 1.50 bits per heavy atom. The monoisotopic (exact) mass is 227 g/mol. The summed E-state index contributed by atoms with van der Waals surface area (Å²) in [5.41, 5.74) is 5.76. The van der Waals surface area contributed by atoms with Crippen LogP contribution in [0.1, 0.15) is 58.3 Å². The van der Waals surface area contributed by atoms with Gasteiger partial charge in [0.25, 0.3) is 0 Å². The van der Waals surface area contributed by atoms with Crippen LogP contribution in [-0.4, -0.2) is 17.1 Å². The first-order valence-electron chi connectivity index (χ1n) is 6.55. The highest BCUT2D eigenvalue weighted by atomic mass is 16.4. The second-order valence-electron chi connectivity index (χ2n) is 5.43. The molecule has 1 saturated carbocycles. The Labute approximate surface area is 98.4 Å². The van der Waals surface area contributed by atoms with E-state index < -0.39 is 5.97 Å². The third-order valence-corrected chi connectivity index (χ3v) is 3.68. The number of hydrogen-bond donors (Lipinski definition) is 2. The summed E-state index contributed by atoms with van der Waals surface area (Å²) in [6.45, 7) is 2.18. The van der Waals surface area contributed by atoms with Crippen LogP contribution in [0.3, 0.4) is 0 Å². The summed E-state index contributed by atoms with van der Waals surface area (Å²) in [4.78, 5) is 10.5. The summed E-state index contributed by atoms with van der Waals surface area (Å²) in [6, 6.07) is -0.170. The largest absolute Gasteiger partial charge is 0.481 e. The van der Waals surface area contributed by atoms with Crippen LogP contribution in [0, 0.1) is 11.8 Å². The number of carboxylic acids is 1. The van der Waals surface area contributed by atoms with Crippen molar-refractivity contribution >= 4 is 5.97 Å². The molecule has 0 aromatic rings. The van der Waals surface area contributed by atoms with Gasteiger partial charge >= 0.3 is 5.97 Å². The first kappa shape index (κ1) is 13.5. The van der Waals surface area contributed by atoms with E-state index in [2.05, 4.69) is 6.92 Å². The maximum Gasteiger partial charge on any atom is 0.304 e. The highest BCUT2D eigenvalue weighted by Crippen LogP contribution is 2.31. The zero-order valence-electron chi connectivity index (χ0n) is 10.3. The lowest BCUT2D eigenvalue weighted by atomic mass is 9.81. The highest BCUT2D eigenvalue weighted by Gasteiger charge is 2.17. The molecule has 3 nitrogen and oxygen atoms in total. The van der Waals surface area contributed by atoms with E-state index in [1.165, 1.54) is 38.5 Å². The van der Waals surface area contributed by atoms with E-state index in [4.69, 9.17) is 10.8 Å². The normalized spacial score (nSPS) is 20.1. The SMILES string of the molecule is C[C@@H](CCCC1CCC1)C[C@H](N)CC(=O)O. The van der Waals surface area contributed by atoms with Crippen molar-refractivity contribution in [1.29, 1.82) is 0 Å². The molecule has 0 saturated heterocycles. The number of nitrogens with two attached hydrogens (primary N) is 1. The summed E-state index contributed by atoms with van der Waals surface area (Å²) in [5.74, 6) is 0.767. The zero-order valence-corrected chi connectivity index (χ0v) is 10.3. The van der Waals surface area contributed by atoms with E-state index in [0.29, 0.717) is 5.92 Å². The Morgan fingerprint density at radius 2 is 2.19 bits per heavy atom. The molecule has 0 heterocycles. The average molecular weight is 227 g/mol. The first-order chi connectivity index (χ1) is 7.58. The van der Waals surface area contributed by atoms with Crippen LogP contribution in [-0.2, 0) is 4.79 Å². The highest BCUT2D eigenvalue weighted by molar-refractivity contribution is 5.67. The molecule has 0 aliphatic heterocycles. The van der Waals surface area contributed by atoms with Gasteiger partial charge in [-0.05, 0) is 18.3 Å². The van der Waals surface area contributed by atoms with Gasteiger partial charge in [0.05, 0.1) is 6.42 Å². The van der Waals surface area contributed by atoms with Crippen molar-refractivity contribution in [3.63, 3.8) is 0 Å². The average Bonchev–Trinajstić information content (AvgIpc) is 2.07. The summed E-state index contributed by atoms with van der Waals surface area (Å²) < 4.78 is 0. The van der Waals surface area contributed by atoms with Gasteiger partial charge in [-0.1, -0.05) is 45.4 Å². The fourth-order valence-electron chi connectivity index (χ4n) is 2.48. The maximum atomic E-state index is 10.5. The Kier molecular flexibility index (Phi) is 5.81. The lowest BCUT2D eigenvalue weighted by molar-refractivity contribution is -0.137. The van der Waals surface area contributed by atoms with Gasteiger partial charge in [-0.25, -0.2) is 0 Å². The van der Waals surface area contributed by atoms with Crippen molar-refractivity contribution in [2.45, 2.75) is 64.3 Å². The molecule has 0 amide bonds. The molecule has 16 heavy (non-hydrogen) atoms. The number of hydrogen-bond acceptors (Lipinski definition) is 2. The first-order valence-corrected chi connectivity index (χ1v) is 6.55. The summed E-state index contributed by atoms with van der Waals surface area (Å²) in [6.07, 6.45) is 9.06. The second kappa shape index (κ2) is 6.89. The van der Waals surface area contributed by atoms with E-state index in [9.17, 15) is 4.79 Å². The third kappa shape index (κ3) is 5.50. The minimum Gasteiger partial charge on any atom is -0.481 e. The van der Waals surface area contributed by atoms with Crippen molar-refractivity contribution in [3.8, 4) is 0 Å². The molecular formula is C13H25NO2. The van der Waals surface area contributed by atoms with Crippen LogP contribution < -0.4 is 5.73 Å². The van der Waals surface area contributed by atoms with E-state index in [0.717, 1.165) is 12.3 Å². The Bertz CT molecular complexity index is 214. The molecule has 0 aromatic carbocycles. The molecule has 1 fully saturated rings. The van der Waals surface area contributed by atoms with Gasteiger partial charge in [0.2, 0.25) is 0 Å². The van der Waals surface area contributed by atoms with Crippen molar-refractivity contribution < 1.29 is 9.90 Å². The predicted octanol–water partition coefficient (Wildman–Crippen LogP) is 2.79. The van der Waals surface area contributed by atoms with Crippen molar-refractivity contribution in [2.75, 3.05) is 0 Å². The second-order valence-corrected chi connectivity index (χ2v) is 5.43. The lowest BCUT2D eigenvalue weighted by Crippen LogP contribution is -2.26. The summed E-state index contributed by atoms with van der Waals surface area (Å²) >= 11 is 0. The Balaban J connectivity index is 2.00. The zero-order chi connectivity index (χ0) is 12.0. The Hall–Kier alpha value is -0.570. The molecule has 2 atom stereocenters. The molecule has 1 rings (SSSR count). The quantitative estimate of drug-likeness (QED) is 0.670. The van der Waals surface area contributed by atoms with E-state index >= 15 is 0 Å². The molecular weight excluding hydrogens is 202 g/mol. The third-order valence-electron chi connectivity index (χ3n) is 3.68. The number of rotatable bonds is 8. The molecule has 3 N–H and O–H groups in total. The van der Waals surface area contributed by atoms with Crippen LogP contribution >= 0.6 is 0 Å². The molecule has 94 valence electrons. The van der Waals surface area contributed by atoms with Gasteiger partial charge in [0.15, 0.2) is 0 Å². The van der Waals surface area contributed by atoms with Gasteiger partial charge < -0.3 is 10.8 Å². The van der Waals surface area contributed by atoms with E-state index in [1.54, 1.807) is 0 Å². The van der Waals surface area contributed by atoms with Crippen LogP contribution in [0.5, 0.6) is 0 Å². The van der Waals surface area contributed by atoms with Crippen molar-refractivity contribution in [1.82, 2.24) is 0 Å². The Morgan fingerprint density at radius 3 is 2.69 bits per heavy atom. The van der Waals surface area contributed by atoms with Crippen molar-refractivity contribution in [2.24, 2.45) is 17.6 Å². The number of aliphatic carboxylic acids is 1. The van der Waals surface area contributed by atoms with Crippen molar-refractivity contribution in [3.05, 3.63) is 0 Å². The van der Waals surface area contributed by atoms with E-state index in [1.807, 2.05) is 0 Å². The van der Waals surface area contributed by atoms with Crippen LogP contribution in [0.2, 0.25) is 0 Å². The molecule has 3 heteroatoms. The molecule has 0 aromatic heterocycles. The lowest BCUT2D eigenvalue weighted by Gasteiger charge is -2.25. The minimum absolute atomic E-state index is 0.104. The molecule has 0 spiro atoms. The maximum absolute atomic E-state index is 10.5. The standard InChI is InChI=1S/C13H25NO2/c1-10(8-12(14)9-13(15)16)4-2-5-11-6-3-7-11/h10-12H,2-9,14H2,1H3,(H,15,16)/t10-,12-/m0/s1. The van der Waals surface area contributed by atoms with Gasteiger partial charge in [0.1, 0.15) is 0 Å². The molecule has 1 aliphatic carbocycles. The molecule has 0 bridgehead atoms. The summed E-state index contributed by atoms with van der Waals surface area (Å²) in [5, 5.41) is 8.61. The van der Waals surface area contributed by atoms with Gasteiger partial charge in [-0.3, -0.25) is 4.79 Å². The van der Waals surface area contributed by atoms with E-state index in [-0.39, 0.29) is 12.5 Å². The van der Waals surface area contributed by atoms with Crippen LogP contribution in [0.25, 0.3) is 0 Å². The summed E-state index contributed by atoms with van der Waals surface area (Å²) in [7, 11) is 0. The van der Waals surface area contributed by atoms with Crippen LogP contribution in [0.15, 0.2) is 0 Å². The van der Waals surface area contributed by atoms with Crippen LogP contribution in [0.4, 0.5) is 0 Å². The van der Waals surface area contributed by atoms with Gasteiger partial charge in [0, 0.05) is 6.04 Å². The number of carboxylic acid groups (broad SMARTS) is 1. The smallest absolute Gasteiger partial charge is 0.304 e. The fraction of sp³-hybridized carbons (Fsp3) is 0.923. The molecule has 1 aliphatic rings. The molecule has 0 unspecified atom stereocenters. The number of carbonyl (C=O) groups is 1. The molecule has 0 radical (unpaired) electrons. The topological polar surface area (TPSA) is 63.3 Å². The minimum atomic E-state index is -0.783. The van der Waals surface area contributed by atoms with Gasteiger partial charge in [-0.15, -0.1) is 0 Å². The predicted molar refractivity (Wildman–Crippen MR) is 65.2 cm³/mol. The van der Waals surface area contributed by atoms with Gasteiger partial charge in [-0.2, -0.15) is 0 Å². The fourth-order valence-corrected chi connectivity index (χ4v) is 2.48.